The number of benzene rings is 1. The van der Waals surface area contributed by atoms with E-state index in [0.29, 0.717) is 0 Å². The molecule has 21 heavy (non-hydrogen) atoms. The van der Waals surface area contributed by atoms with Gasteiger partial charge < -0.3 is 10.0 Å². The van der Waals surface area contributed by atoms with Crippen LogP contribution in [0.15, 0.2) is 30.3 Å². The zero-order valence-corrected chi connectivity index (χ0v) is 12.3. The van der Waals surface area contributed by atoms with Crippen LogP contribution in [-0.4, -0.2) is 23.2 Å². The standard InChI is InChI=1S/C18H22N2O/c21-12-15-9-18(19-17-4-2-1-3-16(15)17)20(10-13-5-6-13)11-14-7-8-14/h1-4,9,13-14,21H,5-8,10-12H2. The fourth-order valence-electron chi connectivity index (χ4n) is 3.01. The summed E-state index contributed by atoms with van der Waals surface area (Å²) in [4.78, 5) is 7.32. The average Bonchev–Trinajstić information content (AvgIpc) is 3.41. The zero-order chi connectivity index (χ0) is 14.2. The Morgan fingerprint density at radius 3 is 2.33 bits per heavy atom. The maximum absolute atomic E-state index is 9.68. The van der Waals surface area contributed by atoms with Crippen molar-refractivity contribution in [3.05, 3.63) is 35.9 Å². The molecule has 1 N–H and O–H groups in total. The molecular formula is C18H22N2O. The summed E-state index contributed by atoms with van der Waals surface area (Å²) < 4.78 is 0. The first-order valence-corrected chi connectivity index (χ1v) is 8.08. The van der Waals surface area contributed by atoms with Crippen LogP contribution < -0.4 is 4.90 Å². The van der Waals surface area contributed by atoms with E-state index in [2.05, 4.69) is 11.0 Å². The van der Waals surface area contributed by atoms with Gasteiger partial charge in [-0.2, -0.15) is 0 Å². The number of para-hydroxylation sites is 1. The van der Waals surface area contributed by atoms with Crippen LogP contribution in [0.1, 0.15) is 31.2 Å². The highest BCUT2D eigenvalue weighted by molar-refractivity contribution is 5.84. The molecule has 1 heterocycles. The maximum atomic E-state index is 9.68. The van der Waals surface area contributed by atoms with Crippen LogP contribution in [0.5, 0.6) is 0 Å². The second kappa shape index (κ2) is 5.30. The number of aromatic nitrogens is 1. The summed E-state index contributed by atoms with van der Waals surface area (Å²) >= 11 is 0. The molecule has 0 saturated heterocycles. The van der Waals surface area contributed by atoms with E-state index in [4.69, 9.17) is 4.98 Å². The molecule has 3 heteroatoms. The maximum Gasteiger partial charge on any atom is 0.129 e. The van der Waals surface area contributed by atoms with E-state index in [1.54, 1.807) is 0 Å². The van der Waals surface area contributed by atoms with Gasteiger partial charge in [-0.1, -0.05) is 18.2 Å². The van der Waals surface area contributed by atoms with Crippen molar-refractivity contribution in [2.24, 2.45) is 11.8 Å². The summed E-state index contributed by atoms with van der Waals surface area (Å²) in [6, 6.07) is 10.2. The van der Waals surface area contributed by atoms with E-state index in [0.717, 1.165) is 47.2 Å². The van der Waals surface area contributed by atoms with Crippen LogP contribution in [0, 0.1) is 11.8 Å². The lowest BCUT2D eigenvalue weighted by atomic mass is 10.1. The molecule has 0 amide bonds. The first-order chi connectivity index (χ1) is 10.3. The average molecular weight is 282 g/mol. The van der Waals surface area contributed by atoms with E-state index in [1.807, 2.05) is 24.3 Å². The van der Waals surface area contributed by atoms with Crippen molar-refractivity contribution in [3.8, 4) is 0 Å². The number of pyridine rings is 1. The molecule has 0 radical (unpaired) electrons. The van der Waals surface area contributed by atoms with Crippen LogP contribution >= 0.6 is 0 Å². The van der Waals surface area contributed by atoms with Crippen molar-refractivity contribution in [1.82, 2.24) is 4.98 Å². The molecule has 2 aromatic rings. The van der Waals surface area contributed by atoms with Crippen LogP contribution in [0.3, 0.4) is 0 Å². The van der Waals surface area contributed by atoms with E-state index >= 15 is 0 Å². The van der Waals surface area contributed by atoms with Gasteiger partial charge in [0.05, 0.1) is 12.1 Å². The lowest BCUT2D eigenvalue weighted by molar-refractivity contribution is 0.283. The smallest absolute Gasteiger partial charge is 0.129 e. The first kappa shape index (κ1) is 13.1. The Kier molecular flexibility index (Phi) is 3.30. The number of hydrogen-bond donors (Lipinski definition) is 1. The topological polar surface area (TPSA) is 36.4 Å². The zero-order valence-electron chi connectivity index (χ0n) is 12.3. The van der Waals surface area contributed by atoms with Gasteiger partial charge in [-0.15, -0.1) is 0 Å². The fraction of sp³-hybridized carbons (Fsp3) is 0.500. The SMILES string of the molecule is OCc1cc(N(CC2CC2)CC2CC2)nc2ccccc12. The first-order valence-electron chi connectivity index (χ1n) is 8.08. The van der Waals surface area contributed by atoms with E-state index in [-0.39, 0.29) is 6.61 Å². The van der Waals surface area contributed by atoms with Gasteiger partial charge in [0.25, 0.3) is 0 Å². The van der Waals surface area contributed by atoms with E-state index in [9.17, 15) is 5.11 Å². The summed E-state index contributed by atoms with van der Waals surface area (Å²) in [5.41, 5.74) is 1.99. The molecule has 0 spiro atoms. The number of rotatable bonds is 6. The molecule has 2 fully saturated rings. The second-order valence-electron chi connectivity index (χ2n) is 6.61. The lowest BCUT2D eigenvalue weighted by Crippen LogP contribution is -2.29. The van der Waals surface area contributed by atoms with Gasteiger partial charge in [0.15, 0.2) is 0 Å². The number of anilines is 1. The van der Waals surface area contributed by atoms with Crippen LogP contribution in [0.25, 0.3) is 10.9 Å². The molecule has 3 nitrogen and oxygen atoms in total. The van der Waals surface area contributed by atoms with Crippen molar-refractivity contribution in [3.63, 3.8) is 0 Å². The van der Waals surface area contributed by atoms with Crippen molar-refractivity contribution in [1.29, 1.82) is 0 Å². The summed E-state index contributed by atoms with van der Waals surface area (Å²) in [6.07, 6.45) is 5.45. The normalized spacial score (nSPS) is 18.1. The highest BCUT2D eigenvalue weighted by atomic mass is 16.3. The van der Waals surface area contributed by atoms with Gasteiger partial charge >= 0.3 is 0 Å². The van der Waals surface area contributed by atoms with Crippen LogP contribution in [0.4, 0.5) is 5.82 Å². The van der Waals surface area contributed by atoms with E-state index < -0.39 is 0 Å². The summed E-state index contributed by atoms with van der Waals surface area (Å²) in [5.74, 6) is 2.76. The van der Waals surface area contributed by atoms with Crippen molar-refractivity contribution in [2.75, 3.05) is 18.0 Å². The van der Waals surface area contributed by atoms with Gasteiger partial charge in [-0.25, -0.2) is 4.98 Å². The lowest BCUT2D eigenvalue weighted by Gasteiger charge is -2.24. The van der Waals surface area contributed by atoms with Crippen molar-refractivity contribution < 1.29 is 5.11 Å². The molecule has 0 unspecified atom stereocenters. The third kappa shape index (κ3) is 2.88. The Labute approximate surface area is 125 Å². The van der Waals surface area contributed by atoms with Gasteiger partial charge in [0.1, 0.15) is 5.82 Å². The largest absolute Gasteiger partial charge is 0.392 e. The van der Waals surface area contributed by atoms with Crippen molar-refractivity contribution >= 4 is 16.7 Å². The summed E-state index contributed by atoms with van der Waals surface area (Å²) in [7, 11) is 0. The Balaban J connectivity index is 1.71. The third-order valence-electron chi connectivity index (χ3n) is 4.63. The molecule has 4 rings (SSSR count). The molecule has 1 aromatic carbocycles. The number of fused-ring (bicyclic) bond motifs is 1. The third-order valence-corrected chi connectivity index (χ3v) is 4.63. The van der Waals surface area contributed by atoms with Crippen LogP contribution in [-0.2, 0) is 6.61 Å². The molecule has 2 aliphatic rings. The van der Waals surface area contributed by atoms with Gasteiger partial charge in [0.2, 0.25) is 0 Å². The Hall–Kier alpha value is -1.61. The molecule has 110 valence electrons. The van der Waals surface area contributed by atoms with Crippen LogP contribution in [0.2, 0.25) is 0 Å². The minimum Gasteiger partial charge on any atom is -0.392 e. The number of nitrogens with zero attached hydrogens (tertiary/aromatic N) is 2. The molecule has 2 saturated carbocycles. The Bertz CT molecular complexity index is 633. The minimum atomic E-state index is 0.0801. The predicted octanol–water partition coefficient (Wildman–Crippen LogP) is 3.35. The molecule has 0 bridgehead atoms. The molecule has 1 aromatic heterocycles. The second-order valence-corrected chi connectivity index (χ2v) is 6.61. The van der Waals surface area contributed by atoms with Crippen molar-refractivity contribution in [2.45, 2.75) is 32.3 Å². The molecule has 0 atom stereocenters. The van der Waals surface area contributed by atoms with Gasteiger partial charge in [0, 0.05) is 18.5 Å². The molecule has 2 aliphatic carbocycles. The summed E-state index contributed by atoms with van der Waals surface area (Å²) in [6.45, 7) is 2.34. The monoisotopic (exact) mass is 282 g/mol. The molecular weight excluding hydrogens is 260 g/mol. The van der Waals surface area contributed by atoms with Gasteiger partial charge in [-0.05, 0) is 55.2 Å². The predicted molar refractivity (Wildman–Crippen MR) is 85.3 cm³/mol. The highest BCUT2D eigenvalue weighted by Gasteiger charge is 2.30. The van der Waals surface area contributed by atoms with Gasteiger partial charge in [-0.3, -0.25) is 0 Å². The minimum absolute atomic E-state index is 0.0801. The Morgan fingerprint density at radius 1 is 1.05 bits per heavy atom. The fourth-order valence-corrected chi connectivity index (χ4v) is 3.01. The number of aliphatic hydroxyl groups is 1. The number of aliphatic hydroxyl groups excluding tert-OH is 1. The highest BCUT2D eigenvalue weighted by Crippen LogP contribution is 2.36. The summed E-state index contributed by atoms with van der Waals surface area (Å²) in [5, 5.41) is 10.8. The molecule has 0 aliphatic heterocycles. The van der Waals surface area contributed by atoms with E-state index in [1.165, 1.54) is 25.7 Å². The number of hydrogen-bond acceptors (Lipinski definition) is 3. The Morgan fingerprint density at radius 2 is 1.71 bits per heavy atom. The quantitative estimate of drug-likeness (QED) is 0.882.